The predicted octanol–water partition coefficient (Wildman–Crippen LogP) is 3.32. The van der Waals surface area contributed by atoms with E-state index in [-0.39, 0.29) is 31.2 Å². The van der Waals surface area contributed by atoms with Gasteiger partial charge in [0, 0.05) is 36.8 Å². The molecule has 4 rings (SSSR count). The number of para-hydroxylation sites is 1. The third-order valence-electron chi connectivity index (χ3n) is 5.98. The Morgan fingerprint density at radius 1 is 1.20 bits per heavy atom. The van der Waals surface area contributed by atoms with Crippen LogP contribution in [0.15, 0.2) is 48.5 Å². The third kappa shape index (κ3) is 3.77. The number of hydrogen-bond acceptors (Lipinski definition) is 4. The number of anilines is 1. The lowest BCUT2D eigenvalue weighted by Gasteiger charge is -2.59. The summed E-state index contributed by atoms with van der Waals surface area (Å²) in [5.41, 5.74) is 2.29. The third-order valence-corrected chi connectivity index (χ3v) is 5.98. The summed E-state index contributed by atoms with van der Waals surface area (Å²) in [7, 11) is 1.58. The van der Waals surface area contributed by atoms with Crippen LogP contribution in [0.25, 0.3) is 0 Å². The number of ether oxygens (including phenoxy) is 1. The molecule has 0 saturated carbocycles. The van der Waals surface area contributed by atoms with Gasteiger partial charge in [0.2, 0.25) is 5.91 Å². The summed E-state index contributed by atoms with van der Waals surface area (Å²) >= 11 is 0. The number of benzene rings is 2. The quantitative estimate of drug-likeness (QED) is 0.807. The number of methoxy groups -OCH3 is 1. The van der Waals surface area contributed by atoms with E-state index < -0.39 is 18.5 Å². The first-order valence-corrected chi connectivity index (χ1v) is 9.78. The first kappa shape index (κ1) is 20.7. The van der Waals surface area contributed by atoms with Crippen LogP contribution in [-0.4, -0.2) is 54.4 Å². The highest BCUT2D eigenvalue weighted by Gasteiger charge is 2.53. The number of aliphatic hydroxyl groups excluding tert-OH is 1. The molecule has 2 aromatic carbocycles. The normalized spacial score (nSPS) is 23.4. The topological polar surface area (TPSA) is 53.0 Å². The Labute approximate surface area is 172 Å². The van der Waals surface area contributed by atoms with Crippen molar-refractivity contribution >= 4 is 11.6 Å². The van der Waals surface area contributed by atoms with E-state index >= 15 is 0 Å². The van der Waals surface area contributed by atoms with E-state index in [1.54, 1.807) is 19.2 Å². The molecule has 1 saturated heterocycles. The number of alkyl halides is 3. The lowest BCUT2D eigenvalue weighted by molar-refractivity contribution is -0.152. The number of fused-ring (bicyclic) bond motifs is 3. The fourth-order valence-corrected chi connectivity index (χ4v) is 4.68. The molecule has 0 unspecified atom stereocenters. The maximum absolute atomic E-state index is 12.9. The SMILES string of the molecule is COc1cccc(CN2[C@@H](CO)[C@@H]3c4ccccc4N(C(=O)CC(F)(F)F)C[C@@H]32)c1. The van der Waals surface area contributed by atoms with Gasteiger partial charge < -0.3 is 14.7 Å². The molecule has 3 atom stereocenters. The van der Waals surface area contributed by atoms with Gasteiger partial charge in [0.1, 0.15) is 12.2 Å². The number of amides is 1. The number of aliphatic hydroxyl groups is 1. The molecule has 2 aliphatic heterocycles. The number of halogens is 3. The van der Waals surface area contributed by atoms with E-state index in [0.717, 1.165) is 11.1 Å². The number of nitrogens with zero attached hydrogens (tertiary/aromatic N) is 2. The Kier molecular flexibility index (Phi) is 5.46. The maximum Gasteiger partial charge on any atom is 0.397 e. The molecule has 1 N–H and O–H groups in total. The van der Waals surface area contributed by atoms with Crippen LogP contribution in [0.5, 0.6) is 5.75 Å². The summed E-state index contributed by atoms with van der Waals surface area (Å²) in [6, 6.07) is 14.3. The predicted molar refractivity (Wildman–Crippen MR) is 105 cm³/mol. The van der Waals surface area contributed by atoms with Crippen molar-refractivity contribution in [2.45, 2.75) is 37.1 Å². The molecule has 0 aromatic heterocycles. The minimum absolute atomic E-state index is 0.0354. The van der Waals surface area contributed by atoms with Crippen molar-refractivity contribution in [2.75, 3.05) is 25.2 Å². The number of carbonyl (C=O) groups excluding carboxylic acids is 1. The highest BCUT2D eigenvalue weighted by molar-refractivity contribution is 5.95. The molecule has 2 aliphatic rings. The molecular formula is C22H23F3N2O3. The largest absolute Gasteiger partial charge is 0.497 e. The van der Waals surface area contributed by atoms with Gasteiger partial charge in [0.15, 0.2) is 0 Å². The Morgan fingerprint density at radius 3 is 2.67 bits per heavy atom. The Balaban J connectivity index is 1.63. The summed E-state index contributed by atoms with van der Waals surface area (Å²) < 4.78 is 43.9. The fourth-order valence-electron chi connectivity index (χ4n) is 4.68. The summed E-state index contributed by atoms with van der Waals surface area (Å²) in [6.07, 6.45) is -6.05. The Morgan fingerprint density at radius 2 is 1.97 bits per heavy atom. The summed E-state index contributed by atoms with van der Waals surface area (Å²) in [5, 5.41) is 10.0. The highest BCUT2D eigenvalue weighted by Crippen LogP contribution is 2.49. The molecule has 30 heavy (non-hydrogen) atoms. The monoisotopic (exact) mass is 420 g/mol. The minimum Gasteiger partial charge on any atom is -0.497 e. The number of rotatable bonds is 5. The van der Waals surface area contributed by atoms with Gasteiger partial charge in [-0.2, -0.15) is 13.2 Å². The van der Waals surface area contributed by atoms with Crippen LogP contribution in [0.4, 0.5) is 18.9 Å². The van der Waals surface area contributed by atoms with E-state index in [4.69, 9.17) is 4.74 Å². The lowest BCUT2D eigenvalue weighted by Crippen LogP contribution is -2.68. The Hall–Kier alpha value is -2.58. The van der Waals surface area contributed by atoms with E-state index in [1.807, 2.05) is 36.4 Å². The van der Waals surface area contributed by atoms with Gasteiger partial charge in [-0.3, -0.25) is 9.69 Å². The van der Waals surface area contributed by atoms with Crippen LogP contribution < -0.4 is 9.64 Å². The highest BCUT2D eigenvalue weighted by atomic mass is 19.4. The van der Waals surface area contributed by atoms with Gasteiger partial charge in [-0.1, -0.05) is 30.3 Å². The van der Waals surface area contributed by atoms with Crippen molar-refractivity contribution in [2.24, 2.45) is 0 Å². The minimum atomic E-state index is -4.56. The van der Waals surface area contributed by atoms with E-state index in [2.05, 4.69) is 4.90 Å². The molecule has 1 amide bonds. The molecule has 0 bridgehead atoms. The van der Waals surface area contributed by atoms with Crippen molar-refractivity contribution in [3.05, 3.63) is 59.7 Å². The fraction of sp³-hybridized carbons (Fsp3) is 0.409. The van der Waals surface area contributed by atoms with Crippen molar-refractivity contribution < 1.29 is 27.8 Å². The first-order valence-electron chi connectivity index (χ1n) is 9.78. The van der Waals surface area contributed by atoms with Gasteiger partial charge in [-0.15, -0.1) is 0 Å². The maximum atomic E-state index is 12.9. The molecular weight excluding hydrogens is 397 g/mol. The molecule has 0 spiro atoms. The average molecular weight is 420 g/mol. The zero-order valence-electron chi connectivity index (χ0n) is 16.5. The van der Waals surface area contributed by atoms with Crippen LogP contribution in [-0.2, 0) is 11.3 Å². The van der Waals surface area contributed by atoms with Gasteiger partial charge in [0.05, 0.1) is 13.7 Å². The van der Waals surface area contributed by atoms with E-state index in [9.17, 15) is 23.1 Å². The number of carbonyl (C=O) groups is 1. The summed E-state index contributed by atoms with van der Waals surface area (Å²) in [4.78, 5) is 15.8. The second-order valence-corrected chi connectivity index (χ2v) is 7.72. The van der Waals surface area contributed by atoms with Crippen LogP contribution in [0.1, 0.15) is 23.5 Å². The molecule has 160 valence electrons. The van der Waals surface area contributed by atoms with Crippen LogP contribution in [0, 0.1) is 0 Å². The van der Waals surface area contributed by atoms with E-state index in [0.29, 0.717) is 18.0 Å². The molecule has 2 heterocycles. The molecule has 0 aliphatic carbocycles. The summed E-state index contributed by atoms with van der Waals surface area (Å²) in [6.45, 7) is 0.597. The van der Waals surface area contributed by atoms with Crippen LogP contribution in [0.2, 0.25) is 0 Å². The van der Waals surface area contributed by atoms with Crippen LogP contribution >= 0.6 is 0 Å². The van der Waals surface area contributed by atoms with Gasteiger partial charge >= 0.3 is 6.18 Å². The average Bonchev–Trinajstić information content (AvgIpc) is 2.70. The van der Waals surface area contributed by atoms with E-state index in [1.165, 1.54) is 4.90 Å². The molecule has 0 radical (unpaired) electrons. The zero-order chi connectivity index (χ0) is 21.5. The van der Waals surface area contributed by atoms with Crippen molar-refractivity contribution in [3.8, 4) is 5.75 Å². The zero-order valence-corrected chi connectivity index (χ0v) is 16.5. The van der Waals surface area contributed by atoms with Gasteiger partial charge in [-0.05, 0) is 29.3 Å². The molecule has 1 fully saturated rings. The first-order chi connectivity index (χ1) is 14.3. The standard InChI is InChI=1S/C22H23F3N2O3/c1-30-15-6-4-5-14(9-15)11-26-18-12-27(20(29)10-22(23,24)25)17-8-3-2-7-16(17)21(18)19(26)13-28/h2-9,18-19,21,28H,10-13H2,1H3/t18-,19-,21+/m0/s1. The van der Waals surface area contributed by atoms with Crippen LogP contribution in [0.3, 0.4) is 0 Å². The van der Waals surface area contributed by atoms with Gasteiger partial charge in [0.25, 0.3) is 0 Å². The van der Waals surface area contributed by atoms with Crippen molar-refractivity contribution in [1.29, 1.82) is 0 Å². The molecule has 5 nitrogen and oxygen atoms in total. The Bertz CT molecular complexity index is 934. The second kappa shape index (κ2) is 7.92. The van der Waals surface area contributed by atoms with Gasteiger partial charge in [-0.25, -0.2) is 0 Å². The molecule has 2 aromatic rings. The summed E-state index contributed by atoms with van der Waals surface area (Å²) in [5.74, 6) is -0.282. The van der Waals surface area contributed by atoms with Crippen molar-refractivity contribution in [1.82, 2.24) is 4.90 Å². The number of likely N-dealkylation sites (tertiary alicyclic amines) is 1. The second-order valence-electron chi connectivity index (χ2n) is 7.72. The number of hydrogen-bond donors (Lipinski definition) is 1. The smallest absolute Gasteiger partial charge is 0.397 e. The van der Waals surface area contributed by atoms with Crippen molar-refractivity contribution in [3.63, 3.8) is 0 Å². The lowest BCUT2D eigenvalue weighted by atomic mass is 9.71. The molecule has 8 heteroatoms.